The van der Waals surface area contributed by atoms with Gasteiger partial charge in [-0.3, -0.25) is 4.79 Å². The van der Waals surface area contributed by atoms with Crippen molar-refractivity contribution in [1.82, 2.24) is 9.78 Å². The fraction of sp³-hybridized carbons (Fsp3) is 0.200. The Balaban J connectivity index is 1.57. The van der Waals surface area contributed by atoms with Crippen LogP contribution in [0.4, 0.5) is 11.5 Å². The molecule has 0 fully saturated rings. The van der Waals surface area contributed by atoms with Gasteiger partial charge in [-0.25, -0.2) is 4.68 Å². The van der Waals surface area contributed by atoms with Crippen LogP contribution < -0.4 is 15.0 Å². The molecule has 0 spiro atoms. The molecule has 1 amide bonds. The highest BCUT2D eigenvalue weighted by Crippen LogP contribution is 2.17. The maximum absolute atomic E-state index is 12.2. The van der Waals surface area contributed by atoms with Crippen LogP contribution in [0.15, 0.2) is 60.8 Å². The molecule has 7 heteroatoms. The van der Waals surface area contributed by atoms with E-state index in [0.717, 1.165) is 11.3 Å². The van der Waals surface area contributed by atoms with Crippen molar-refractivity contribution in [3.8, 4) is 5.75 Å². The molecular weight excluding hydrogens is 364 g/mol. The molecule has 0 aliphatic rings. The Morgan fingerprint density at radius 2 is 1.81 bits per heavy atom. The molecule has 140 valence electrons. The SMILES string of the molecule is CN(C)c1ccc(Cn2nccc2NC(=O)COc2ccc(Cl)cc2)cc1. The first-order valence-corrected chi connectivity index (χ1v) is 8.85. The van der Waals surface area contributed by atoms with Crippen LogP contribution in [0.2, 0.25) is 5.02 Å². The maximum atomic E-state index is 12.2. The second-order valence-electron chi connectivity index (χ2n) is 6.23. The van der Waals surface area contributed by atoms with Crippen molar-refractivity contribution >= 4 is 29.0 Å². The minimum absolute atomic E-state index is 0.0929. The van der Waals surface area contributed by atoms with Crippen molar-refractivity contribution in [3.05, 3.63) is 71.4 Å². The van der Waals surface area contributed by atoms with Gasteiger partial charge in [0.25, 0.3) is 5.91 Å². The van der Waals surface area contributed by atoms with Crippen LogP contribution in [0.5, 0.6) is 5.75 Å². The van der Waals surface area contributed by atoms with Crippen LogP contribution in [0.25, 0.3) is 0 Å². The van der Waals surface area contributed by atoms with E-state index in [9.17, 15) is 4.79 Å². The van der Waals surface area contributed by atoms with Gasteiger partial charge in [0, 0.05) is 30.9 Å². The zero-order chi connectivity index (χ0) is 19.2. The van der Waals surface area contributed by atoms with E-state index in [4.69, 9.17) is 16.3 Å². The van der Waals surface area contributed by atoms with E-state index in [2.05, 4.69) is 22.5 Å². The molecule has 0 bridgehead atoms. The Labute approximate surface area is 163 Å². The van der Waals surface area contributed by atoms with E-state index in [1.54, 1.807) is 41.2 Å². The normalized spacial score (nSPS) is 10.5. The summed E-state index contributed by atoms with van der Waals surface area (Å²) >= 11 is 5.83. The summed E-state index contributed by atoms with van der Waals surface area (Å²) in [5.74, 6) is 0.954. The lowest BCUT2D eigenvalue weighted by Gasteiger charge is -2.13. The molecule has 0 saturated heterocycles. The highest BCUT2D eigenvalue weighted by atomic mass is 35.5. The number of carbonyl (C=O) groups excluding carboxylic acids is 1. The second-order valence-corrected chi connectivity index (χ2v) is 6.66. The number of halogens is 1. The number of rotatable bonds is 7. The summed E-state index contributed by atoms with van der Waals surface area (Å²) in [6.45, 7) is 0.471. The third-order valence-electron chi connectivity index (χ3n) is 3.95. The first kappa shape index (κ1) is 18.8. The molecule has 1 N–H and O–H groups in total. The molecule has 1 aromatic heterocycles. The fourth-order valence-electron chi connectivity index (χ4n) is 2.50. The predicted octanol–water partition coefficient (Wildman–Crippen LogP) is 3.67. The summed E-state index contributed by atoms with van der Waals surface area (Å²) in [6.07, 6.45) is 1.66. The largest absolute Gasteiger partial charge is 0.484 e. The average Bonchev–Trinajstić information content (AvgIpc) is 3.08. The Morgan fingerprint density at radius 1 is 1.11 bits per heavy atom. The molecular formula is C20H21ClN4O2. The van der Waals surface area contributed by atoms with Gasteiger partial charge < -0.3 is 15.0 Å². The van der Waals surface area contributed by atoms with Gasteiger partial charge in [-0.15, -0.1) is 0 Å². The molecule has 3 rings (SSSR count). The first-order valence-electron chi connectivity index (χ1n) is 8.47. The number of benzene rings is 2. The average molecular weight is 385 g/mol. The minimum atomic E-state index is -0.255. The number of hydrogen-bond acceptors (Lipinski definition) is 4. The van der Waals surface area contributed by atoms with E-state index in [-0.39, 0.29) is 12.5 Å². The molecule has 2 aromatic carbocycles. The van der Waals surface area contributed by atoms with Crippen LogP contribution in [0.3, 0.4) is 0 Å². The van der Waals surface area contributed by atoms with E-state index >= 15 is 0 Å². The number of nitrogens with zero attached hydrogens (tertiary/aromatic N) is 3. The number of aromatic nitrogens is 2. The van der Waals surface area contributed by atoms with E-state index in [1.807, 2.05) is 31.1 Å². The Bertz CT molecular complexity index is 889. The Kier molecular flexibility index (Phi) is 5.98. The lowest BCUT2D eigenvalue weighted by Crippen LogP contribution is -2.22. The Hall–Kier alpha value is -2.99. The number of nitrogens with one attached hydrogen (secondary N) is 1. The van der Waals surface area contributed by atoms with E-state index in [1.165, 1.54) is 0 Å². The zero-order valence-electron chi connectivity index (χ0n) is 15.2. The van der Waals surface area contributed by atoms with Crippen molar-refractivity contribution < 1.29 is 9.53 Å². The van der Waals surface area contributed by atoms with Gasteiger partial charge in [0.2, 0.25) is 0 Å². The topological polar surface area (TPSA) is 59.4 Å². The highest BCUT2D eigenvalue weighted by Gasteiger charge is 2.09. The standard InChI is InChI=1S/C20H21ClN4O2/c1-24(2)17-7-3-15(4-8-17)13-25-19(11-12-22-25)23-20(26)14-27-18-9-5-16(21)6-10-18/h3-12H,13-14H2,1-2H3,(H,23,26). The van der Waals surface area contributed by atoms with Gasteiger partial charge in [-0.05, 0) is 42.0 Å². The zero-order valence-corrected chi connectivity index (χ0v) is 16.0. The summed E-state index contributed by atoms with van der Waals surface area (Å²) in [5, 5.41) is 7.73. The number of anilines is 2. The quantitative estimate of drug-likeness (QED) is 0.675. The van der Waals surface area contributed by atoms with E-state index < -0.39 is 0 Å². The van der Waals surface area contributed by atoms with Crippen LogP contribution in [0.1, 0.15) is 5.56 Å². The summed E-state index contributed by atoms with van der Waals surface area (Å²) in [6, 6.07) is 16.8. The molecule has 0 atom stereocenters. The van der Waals surface area contributed by atoms with Gasteiger partial charge in [0.05, 0.1) is 12.7 Å². The van der Waals surface area contributed by atoms with Gasteiger partial charge in [0.15, 0.2) is 6.61 Å². The molecule has 3 aromatic rings. The predicted molar refractivity (Wildman–Crippen MR) is 108 cm³/mol. The molecule has 1 heterocycles. The highest BCUT2D eigenvalue weighted by molar-refractivity contribution is 6.30. The summed E-state index contributed by atoms with van der Waals surface area (Å²) in [4.78, 5) is 14.2. The molecule has 0 radical (unpaired) electrons. The Morgan fingerprint density at radius 3 is 2.48 bits per heavy atom. The van der Waals surface area contributed by atoms with Crippen molar-refractivity contribution in [1.29, 1.82) is 0 Å². The van der Waals surface area contributed by atoms with Crippen molar-refractivity contribution in [3.63, 3.8) is 0 Å². The molecule has 6 nitrogen and oxygen atoms in total. The van der Waals surface area contributed by atoms with Gasteiger partial charge >= 0.3 is 0 Å². The summed E-state index contributed by atoms with van der Waals surface area (Å²) in [7, 11) is 4.00. The molecule has 0 saturated carbocycles. The molecule has 0 aliphatic heterocycles. The van der Waals surface area contributed by atoms with E-state index in [0.29, 0.717) is 23.1 Å². The third-order valence-corrected chi connectivity index (χ3v) is 4.20. The van der Waals surface area contributed by atoms with Crippen molar-refractivity contribution in [2.45, 2.75) is 6.54 Å². The summed E-state index contributed by atoms with van der Waals surface area (Å²) < 4.78 is 7.20. The van der Waals surface area contributed by atoms with Crippen LogP contribution in [-0.4, -0.2) is 36.4 Å². The van der Waals surface area contributed by atoms with Crippen molar-refractivity contribution in [2.24, 2.45) is 0 Å². The molecule has 27 heavy (non-hydrogen) atoms. The van der Waals surface area contributed by atoms with Crippen molar-refractivity contribution in [2.75, 3.05) is 30.9 Å². The number of ether oxygens (including phenoxy) is 1. The van der Waals surface area contributed by atoms with Gasteiger partial charge in [-0.1, -0.05) is 23.7 Å². The van der Waals surface area contributed by atoms with Crippen LogP contribution >= 0.6 is 11.6 Å². The lowest BCUT2D eigenvalue weighted by atomic mass is 10.2. The smallest absolute Gasteiger partial charge is 0.263 e. The second kappa shape index (κ2) is 8.60. The number of hydrogen-bond donors (Lipinski definition) is 1. The molecule has 0 aliphatic carbocycles. The first-order chi connectivity index (χ1) is 13.0. The number of carbonyl (C=O) groups is 1. The number of amides is 1. The van der Waals surface area contributed by atoms with Crippen LogP contribution in [-0.2, 0) is 11.3 Å². The minimum Gasteiger partial charge on any atom is -0.484 e. The van der Waals surface area contributed by atoms with Gasteiger partial charge in [-0.2, -0.15) is 5.10 Å². The van der Waals surface area contributed by atoms with Crippen LogP contribution in [0, 0.1) is 0 Å². The monoisotopic (exact) mass is 384 g/mol. The lowest BCUT2D eigenvalue weighted by molar-refractivity contribution is -0.118. The van der Waals surface area contributed by atoms with Gasteiger partial charge in [0.1, 0.15) is 11.6 Å². The molecule has 0 unspecified atom stereocenters. The fourth-order valence-corrected chi connectivity index (χ4v) is 2.62. The maximum Gasteiger partial charge on any atom is 0.263 e. The third kappa shape index (κ3) is 5.24. The summed E-state index contributed by atoms with van der Waals surface area (Å²) in [5.41, 5.74) is 2.23.